The zero-order chi connectivity index (χ0) is 16.4. The second-order valence-electron chi connectivity index (χ2n) is 5.88. The van der Waals surface area contributed by atoms with Crippen molar-refractivity contribution in [3.63, 3.8) is 0 Å². The van der Waals surface area contributed by atoms with Crippen LogP contribution in [0.4, 0.5) is 11.4 Å². The first-order valence-electron chi connectivity index (χ1n) is 7.71. The molecule has 1 aromatic heterocycles. The Balaban J connectivity index is 2.06. The standard InChI is InChI=1S/C17H19N3O3/c1-2-15(17(21)9-5-6-10-17)19-16-12-7-3-4-8-13(12)18-11-14(16)20(22)23/h3-8,11,15,21H,2,9-10H2,1H3,(H,18,19). The minimum atomic E-state index is -0.910. The van der Waals surface area contributed by atoms with Gasteiger partial charge in [-0.1, -0.05) is 37.3 Å². The molecular formula is C17H19N3O3. The van der Waals surface area contributed by atoms with Gasteiger partial charge in [0, 0.05) is 5.39 Å². The molecule has 23 heavy (non-hydrogen) atoms. The number of nitro groups is 1. The maximum atomic E-state index is 11.4. The van der Waals surface area contributed by atoms with Gasteiger partial charge in [0.05, 0.1) is 22.1 Å². The molecule has 1 atom stereocenters. The fraction of sp³-hybridized carbons (Fsp3) is 0.353. The average Bonchev–Trinajstić information content (AvgIpc) is 2.99. The molecule has 0 aliphatic heterocycles. The Morgan fingerprint density at radius 3 is 2.74 bits per heavy atom. The minimum absolute atomic E-state index is 0.0725. The van der Waals surface area contributed by atoms with Crippen molar-refractivity contribution in [3.8, 4) is 0 Å². The Labute approximate surface area is 134 Å². The number of nitrogens with zero attached hydrogens (tertiary/aromatic N) is 2. The van der Waals surface area contributed by atoms with Gasteiger partial charge >= 0.3 is 5.69 Å². The van der Waals surface area contributed by atoms with E-state index in [-0.39, 0.29) is 11.7 Å². The highest BCUT2D eigenvalue weighted by Gasteiger charge is 2.37. The molecule has 0 bridgehead atoms. The van der Waals surface area contributed by atoms with E-state index in [4.69, 9.17) is 0 Å². The number of fused-ring (bicyclic) bond motifs is 1. The van der Waals surface area contributed by atoms with Crippen LogP contribution in [0.25, 0.3) is 10.9 Å². The Morgan fingerprint density at radius 1 is 1.39 bits per heavy atom. The summed E-state index contributed by atoms with van der Waals surface area (Å²) < 4.78 is 0. The highest BCUT2D eigenvalue weighted by Crippen LogP contribution is 2.36. The summed E-state index contributed by atoms with van der Waals surface area (Å²) in [4.78, 5) is 15.1. The smallest absolute Gasteiger partial charge is 0.311 e. The van der Waals surface area contributed by atoms with E-state index in [0.717, 1.165) is 0 Å². The lowest BCUT2D eigenvalue weighted by Crippen LogP contribution is -2.44. The van der Waals surface area contributed by atoms with Crippen LogP contribution in [0.3, 0.4) is 0 Å². The van der Waals surface area contributed by atoms with Gasteiger partial charge < -0.3 is 10.4 Å². The summed E-state index contributed by atoms with van der Waals surface area (Å²) in [5, 5.41) is 26.1. The van der Waals surface area contributed by atoms with Gasteiger partial charge in [0.2, 0.25) is 0 Å². The van der Waals surface area contributed by atoms with Gasteiger partial charge in [0.25, 0.3) is 0 Å². The number of anilines is 1. The normalized spacial score (nSPS) is 17.3. The van der Waals surface area contributed by atoms with Gasteiger partial charge in [-0.2, -0.15) is 0 Å². The third kappa shape index (κ3) is 2.77. The van der Waals surface area contributed by atoms with Crippen LogP contribution >= 0.6 is 0 Å². The summed E-state index contributed by atoms with van der Waals surface area (Å²) in [6, 6.07) is 7.02. The van der Waals surface area contributed by atoms with E-state index in [1.165, 1.54) is 6.20 Å². The van der Waals surface area contributed by atoms with Crippen LogP contribution in [-0.4, -0.2) is 26.7 Å². The van der Waals surface area contributed by atoms with Crippen LogP contribution in [0.15, 0.2) is 42.6 Å². The molecule has 1 aliphatic carbocycles. The lowest BCUT2D eigenvalue weighted by atomic mass is 9.89. The molecular weight excluding hydrogens is 294 g/mol. The summed E-state index contributed by atoms with van der Waals surface area (Å²) in [5.74, 6) is 0. The van der Waals surface area contributed by atoms with Crippen molar-refractivity contribution in [3.05, 3.63) is 52.7 Å². The molecule has 0 saturated heterocycles. The number of pyridine rings is 1. The molecule has 0 radical (unpaired) electrons. The van der Waals surface area contributed by atoms with Crippen molar-refractivity contribution in [2.24, 2.45) is 0 Å². The fourth-order valence-electron chi connectivity index (χ4n) is 3.15. The predicted octanol–water partition coefficient (Wildman–Crippen LogP) is 3.41. The first kappa shape index (κ1) is 15.4. The zero-order valence-corrected chi connectivity index (χ0v) is 12.9. The van der Waals surface area contributed by atoms with Crippen LogP contribution in [0, 0.1) is 10.1 Å². The average molecular weight is 313 g/mol. The van der Waals surface area contributed by atoms with Crippen LogP contribution in [-0.2, 0) is 0 Å². The van der Waals surface area contributed by atoms with E-state index in [1.54, 1.807) is 6.07 Å². The van der Waals surface area contributed by atoms with Gasteiger partial charge in [0.1, 0.15) is 11.9 Å². The Bertz CT molecular complexity index is 765. The topological polar surface area (TPSA) is 88.3 Å². The highest BCUT2D eigenvalue weighted by molar-refractivity contribution is 5.95. The van der Waals surface area contributed by atoms with E-state index >= 15 is 0 Å². The third-order valence-corrected chi connectivity index (χ3v) is 4.44. The maximum Gasteiger partial charge on any atom is 0.311 e. The van der Waals surface area contributed by atoms with Gasteiger partial charge in [0.15, 0.2) is 0 Å². The maximum absolute atomic E-state index is 11.4. The van der Waals surface area contributed by atoms with E-state index in [9.17, 15) is 15.2 Å². The lowest BCUT2D eigenvalue weighted by molar-refractivity contribution is -0.384. The first-order chi connectivity index (χ1) is 11.0. The molecule has 1 aromatic carbocycles. The molecule has 6 heteroatoms. The van der Waals surface area contributed by atoms with Gasteiger partial charge in [-0.3, -0.25) is 10.1 Å². The molecule has 1 unspecified atom stereocenters. The molecule has 2 aromatic rings. The summed E-state index contributed by atoms with van der Waals surface area (Å²) in [7, 11) is 0. The van der Waals surface area contributed by atoms with E-state index in [2.05, 4.69) is 10.3 Å². The largest absolute Gasteiger partial charge is 0.387 e. The van der Waals surface area contributed by atoms with Crippen LogP contribution < -0.4 is 5.32 Å². The fourth-order valence-corrected chi connectivity index (χ4v) is 3.15. The Hall–Kier alpha value is -2.47. The molecule has 2 N–H and O–H groups in total. The quantitative estimate of drug-likeness (QED) is 0.501. The predicted molar refractivity (Wildman–Crippen MR) is 89.4 cm³/mol. The second kappa shape index (κ2) is 5.96. The molecule has 3 rings (SSSR count). The first-order valence-corrected chi connectivity index (χ1v) is 7.71. The highest BCUT2D eigenvalue weighted by atomic mass is 16.6. The van der Waals surface area contributed by atoms with Crippen molar-refractivity contribution in [1.29, 1.82) is 0 Å². The Kier molecular flexibility index (Phi) is 4.00. The summed E-state index contributed by atoms with van der Waals surface area (Å²) >= 11 is 0. The molecule has 0 saturated carbocycles. The molecule has 0 spiro atoms. The number of aromatic nitrogens is 1. The molecule has 0 fully saturated rings. The number of para-hydroxylation sites is 1. The van der Waals surface area contributed by atoms with Gasteiger partial charge in [-0.05, 0) is 25.3 Å². The van der Waals surface area contributed by atoms with Crippen molar-refractivity contribution in [1.82, 2.24) is 4.98 Å². The SMILES string of the molecule is CCC(Nc1c([N+](=O)[O-])cnc2ccccc12)C1(O)CC=CC1. The summed E-state index contributed by atoms with van der Waals surface area (Å²) in [5.41, 5.74) is 0.129. The van der Waals surface area contributed by atoms with Crippen molar-refractivity contribution in [2.75, 3.05) is 5.32 Å². The monoisotopic (exact) mass is 313 g/mol. The number of benzene rings is 1. The number of hydrogen-bond donors (Lipinski definition) is 2. The van der Waals surface area contributed by atoms with Crippen LogP contribution in [0.2, 0.25) is 0 Å². The minimum Gasteiger partial charge on any atom is -0.387 e. The lowest BCUT2D eigenvalue weighted by Gasteiger charge is -2.33. The van der Waals surface area contributed by atoms with Crippen molar-refractivity contribution < 1.29 is 10.0 Å². The van der Waals surface area contributed by atoms with Crippen LogP contribution in [0.5, 0.6) is 0 Å². The summed E-state index contributed by atoms with van der Waals surface area (Å²) in [6.07, 6.45) is 6.93. The number of nitrogens with one attached hydrogen (secondary N) is 1. The van der Waals surface area contributed by atoms with E-state index < -0.39 is 10.5 Å². The van der Waals surface area contributed by atoms with Crippen LogP contribution in [0.1, 0.15) is 26.2 Å². The third-order valence-electron chi connectivity index (χ3n) is 4.44. The van der Waals surface area contributed by atoms with Gasteiger partial charge in [-0.25, -0.2) is 4.98 Å². The molecule has 1 aliphatic rings. The molecule has 120 valence electrons. The van der Waals surface area contributed by atoms with E-state index in [0.29, 0.717) is 35.9 Å². The Morgan fingerprint density at radius 2 is 2.09 bits per heavy atom. The van der Waals surface area contributed by atoms with Gasteiger partial charge in [-0.15, -0.1) is 0 Å². The van der Waals surface area contributed by atoms with E-state index in [1.807, 2.05) is 37.3 Å². The second-order valence-corrected chi connectivity index (χ2v) is 5.88. The van der Waals surface area contributed by atoms with Crippen molar-refractivity contribution in [2.45, 2.75) is 37.8 Å². The molecule has 6 nitrogen and oxygen atoms in total. The number of aliphatic hydroxyl groups is 1. The number of rotatable bonds is 5. The van der Waals surface area contributed by atoms with Crippen molar-refractivity contribution >= 4 is 22.3 Å². The zero-order valence-electron chi connectivity index (χ0n) is 12.9. The molecule has 0 amide bonds. The number of hydrogen-bond acceptors (Lipinski definition) is 5. The molecule has 1 heterocycles. The summed E-state index contributed by atoms with van der Waals surface area (Å²) in [6.45, 7) is 1.96.